The minimum absolute atomic E-state index is 0.334. The Hall–Kier alpha value is -1.52. The van der Waals surface area contributed by atoms with Crippen molar-refractivity contribution < 1.29 is 9.53 Å². The predicted molar refractivity (Wildman–Crippen MR) is 62.1 cm³/mol. The monoisotopic (exact) mass is 225 g/mol. The number of hydrogen-bond donors (Lipinski definition) is 1. The number of aromatic nitrogens is 2. The van der Waals surface area contributed by atoms with Crippen LogP contribution in [0.4, 0.5) is 5.69 Å². The van der Waals surface area contributed by atoms with Crippen LogP contribution in [0.1, 0.15) is 36.5 Å². The summed E-state index contributed by atoms with van der Waals surface area (Å²) in [7, 11) is 1.68. The number of anilines is 1. The minimum Gasteiger partial charge on any atom is -0.461 e. The van der Waals surface area contributed by atoms with Crippen LogP contribution in [0.5, 0.6) is 0 Å². The van der Waals surface area contributed by atoms with Gasteiger partial charge in [0.25, 0.3) is 0 Å². The fourth-order valence-electron chi connectivity index (χ4n) is 1.37. The molecule has 0 saturated heterocycles. The van der Waals surface area contributed by atoms with Crippen molar-refractivity contribution in [1.29, 1.82) is 0 Å². The van der Waals surface area contributed by atoms with E-state index in [1.807, 2.05) is 0 Å². The van der Waals surface area contributed by atoms with Crippen molar-refractivity contribution in [1.82, 2.24) is 9.78 Å². The van der Waals surface area contributed by atoms with Gasteiger partial charge in [-0.15, -0.1) is 0 Å². The fourth-order valence-corrected chi connectivity index (χ4v) is 1.37. The molecule has 0 unspecified atom stereocenters. The van der Waals surface area contributed by atoms with Gasteiger partial charge in [-0.25, -0.2) is 4.79 Å². The number of nitrogens with two attached hydrogens (primary N) is 1. The molecular formula is C11H19N3O2. The maximum atomic E-state index is 11.7. The second kappa shape index (κ2) is 5.01. The molecule has 0 spiro atoms. The molecule has 0 bridgehead atoms. The molecule has 5 nitrogen and oxygen atoms in total. The van der Waals surface area contributed by atoms with Crippen LogP contribution in [0.3, 0.4) is 0 Å². The number of rotatable bonds is 4. The molecule has 90 valence electrons. The highest BCUT2D eigenvalue weighted by atomic mass is 16.5. The van der Waals surface area contributed by atoms with Crippen molar-refractivity contribution >= 4 is 11.7 Å². The van der Waals surface area contributed by atoms with E-state index < -0.39 is 5.97 Å². The van der Waals surface area contributed by atoms with Gasteiger partial charge in [0, 0.05) is 7.05 Å². The number of ether oxygens (including phenoxy) is 1. The molecule has 0 atom stereocenters. The van der Waals surface area contributed by atoms with E-state index in [0.717, 1.165) is 6.42 Å². The molecule has 16 heavy (non-hydrogen) atoms. The van der Waals surface area contributed by atoms with Gasteiger partial charge >= 0.3 is 5.97 Å². The van der Waals surface area contributed by atoms with Gasteiger partial charge in [-0.05, 0) is 19.3 Å². The third kappa shape index (κ3) is 2.74. The van der Waals surface area contributed by atoms with Gasteiger partial charge in [-0.2, -0.15) is 5.10 Å². The molecule has 0 fully saturated rings. The van der Waals surface area contributed by atoms with Crippen LogP contribution in [-0.4, -0.2) is 22.4 Å². The van der Waals surface area contributed by atoms with Gasteiger partial charge in [0.1, 0.15) is 0 Å². The molecule has 1 aromatic rings. The van der Waals surface area contributed by atoms with Crippen LogP contribution in [0.15, 0.2) is 0 Å². The van der Waals surface area contributed by atoms with Gasteiger partial charge in [0.2, 0.25) is 0 Å². The quantitative estimate of drug-likeness (QED) is 0.788. The molecule has 1 heterocycles. The van der Waals surface area contributed by atoms with Gasteiger partial charge in [-0.1, -0.05) is 13.8 Å². The van der Waals surface area contributed by atoms with Crippen molar-refractivity contribution in [2.24, 2.45) is 13.0 Å². The van der Waals surface area contributed by atoms with Gasteiger partial charge in [-0.3, -0.25) is 4.68 Å². The molecule has 1 rings (SSSR count). The van der Waals surface area contributed by atoms with E-state index in [0.29, 0.717) is 29.6 Å². The summed E-state index contributed by atoms with van der Waals surface area (Å²) >= 11 is 0. The molecule has 0 aliphatic carbocycles. The normalized spacial score (nSPS) is 10.8. The first-order valence-electron chi connectivity index (χ1n) is 5.39. The van der Waals surface area contributed by atoms with Crippen LogP contribution in [-0.2, 0) is 11.8 Å². The Morgan fingerprint density at radius 3 is 2.62 bits per heavy atom. The maximum absolute atomic E-state index is 11.7. The van der Waals surface area contributed by atoms with Crippen molar-refractivity contribution in [3.63, 3.8) is 0 Å². The molecular weight excluding hydrogens is 206 g/mol. The fraction of sp³-hybridized carbons (Fsp3) is 0.636. The summed E-state index contributed by atoms with van der Waals surface area (Å²) in [5.74, 6) is 0.111. The number of nitrogens with zero attached hydrogens (tertiary/aromatic N) is 2. The zero-order chi connectivity index (χ0) is 12.3. The first-order valence-corrected chi connectivity index (χ1v) is 5.39. The topological polar surface area (TPSA) is 70.1 Å². The lowest BCUT2D eigenvalue weighted by atomic mass is 10.1. The van der Waals surface area contributed by atoms with E-state index >= 15 is 0 Å². The minimum atomic E-state index is -0.402. The Morgan fingerprint density at radius 2 is 2.19 bits per heavy atom. The highest BCUT2D eigenvalue weighted by molar-refractivity contribution is 5.93. The largest absolute Gasteiger partial charge is 0.461 e. The molecule has 0 aromatic carbocycles. The summed E-state index contributed by atoms with van der Waals surface area (Å²) in [5, 5.41) is 4.07. The number of carbonyl (C=O) groups is 1. The molecule has 0 aliphatic heterocycles. The highest BCUT2D eigenvalue weighted by Crippen LogP contribution is 2.16. The molecule has 2 N–H and O–H groups in total. The van der Waals surface area contributed by atoms with Crippen molar-refractivity contribution in [3.05, 3.63) is 11.4 Å². The average Bonchev–Trinajstić information content (AvgIpc) is 2.40. The van der Waals surface area contributed by atoms with Crippen molar-refractivity contribution in [3.8, 4) is 0 Å². The Morgan fingerprint density at radius 1 is 1.56 bits per heavy atom. The highest BCUT2D eigenvalue weighted by Gasteiger charge is 2.19. The van der Waals surface area contributed by atoms with Crippen molar-refractivity contribution in [2.75, 3.05) is 12.3 Å². The zero-order valence-corrected chi connectivity index (χ0v) is 10.3. The Bertz CT molecular complexity index is 383. The number of aryl methyl sites for hydroxylation is 2. The summed E-state index contributed by atoms with van der Waals surface area (Å²) in [5.41, 5.74) is 7.14. The van der Waals surface area contributed by atoms with Crippen molar-refractivity contribution in [2.45, 2.75) is 27.2 Å². The zero-order valence-electron chi connectivity index (χ0n) is 10.3. The smallest absolute Gasteiger partial charge is 0.358 e. The average molecular weight is 225 g/mol. The number of carbonyl (C=O) groups excluding carboxylic acids is 1. The van der Waals surface area contributed by atoms with E-state index in [4.69, 9.17) is 10.5 Å². The second-order valence-corrected chi connectivity index (χ2v) is 4.29. The maximum Gasteiger partial charge on any atom is 0.358 e. The number of nitrogen functional groups attached to an aromatic ring is 1. The lowest BCUT2D eigenvalue weighted by Gasteiger charge is -2.07. The summed E-state index contributed by atoms with van der Waals surface area (Å²) in [6.45, 7) is 6.34. The summed E-state index contributed by atoms with van der Waals surface area (Å²) in [4.78, 5) is 11.7. The molecule has 0 aliphatic rings. The Kier molecular flexibility index (Phi) is 3.93. The van der Waals surface area contributed by atoms with Crippen LogP contribution in [0, 0.1) is 12.8 Å². The van der Waals surface area contributed by atoms with Gasteiger partial charge in [0.05, 0.1) is 18.0 Å². The van der Waals surface area contributed by atoms with Crippen LogP contribution in [0.25, 0.3) is 0 Å². The van der Waals surface area contributed by atoms with Gasteiger partial charge < -0.3 is 10.5 Å². The van der Waals surface area contributed by atoms with E-state index in [9.17, 15) is 4.79 Å². The van der Waals surface area contributed by atoms with E-state index in [2.05, 4.69) is 18.9 Å². The molecule has 0 amide bonds. The SMILES string of the molecule is Cc1nn(C)c(C(=O)OCCC(C)C)c1N. The second-order valence-electron chi connectivity index (χ2n) is 4.29. The summed E-state index contributed by atoms with van der Waals surface area (Å²) in [6, 6.07) is 0. The number of esters is 1. The van der Waals surface area contributed by atoms with E-state index in [1.165, 1.54) is 4.68 Å². The number of hydrogen-bond acceptors (Lipinski definition) is 4. The van der Waals surface area contributed by atoms with E-state index in [-0.39, 0.29) is 0 Å². The lowest BCUT2D eigenvalue weighted by molar-refractivity contribution is 0.0476. The first-order chi connectivity index (χ1) is 7.43. The standard InChI is InChI=1S/C11H19N3O2/c1-7(2)5-6-16-11(15)10-9(12)8(3)13-14(10)4/h7H,5-6,12H2,1-4H3. The predicted octanol–water partition coefficient (Wildman–Crippen LogP) is 1.51. The summed E-state index contributed by atoms with van der Waals surface area (Å²) < 4.78 is 6.59. The molecule has 5 heteroatoms. The molecule has 1 aromatic heterocycles. The van der Waals surface area contributed by atoms with Crippen LogP contribution in [0.2, 0.25) is 0 Å². The van der Waals surface area contributed by atoms with Gasteiger partial charge in [0.15, 0.2) is 5.69 Å². The Labute approximate surface area is 95.6 Å². The van der Waals surface area contributed by atoms with Crippen LogP contribution < -0.4 is 5.73 Å². The van der Waals surface area contributed by atoms with E-state index in [1.54, 1.807) is 14.0 Å². The third-order valence-electron chi connectivity index (χ3n) is 2.39. The lowest BCUT2D eigenvalue weighted by Crippen LogP contribution is -2.14. The molecule has 0 radical (unpaired) electrons. The first kappa shape index (κ1) is 12.5. The molecule has 0 saturated carbocycles. The third-order valence-corrected chi connectivity index (χ3v) is 2.39. The van der Waals surface area contributed by atoms with Crippen LogP contribution >= 0.6 is 0 Å². The summed E-state index contributed by atoms with van der Waals surface area (Å²) in [6.07, 6.45) is 0.850. The Balaban J connectivity index is 2.66.